The second kappa shape index (κ2) is 6.28. The minimum absolute atomic E-state index is 0.219. The van der Waals surface area contributed by atoms with Crippen molar-refractivity contribution in [1.29, 1.82) is 0 Å². The Bertz CT molecular complexity index is 990. The lowest BCUT2D eigenvalue weighted by molar-refractivity contribution is -0.115. The highest BCUT2D eigenvalue weighted by molar-refractivity contribution is 5.92. The van der Waals surface area contributed by atoms with E-state index in [1.807, 2.05) is 44.2 Å². The van der Waals surface area contributed by atoms with E-state index >= 15 is 0 Å². The molecule has 0 radical (unpaired) electrons. The first-order chi connectivity index (χ1) is 11.5. The molecule has 5 heteroatoms. The Kier molecular flexibility index (Phi) is 4.16. The quantitative estimate of drug-likeness (QED) is 0.807. The van der Waals surface area contributed by atoms with Crippen molar-refractivity contribution in [2.24, 2.45) is 0 Å². The van der Waals surface area contributed by atoms with Crippen LogP contribution in [0.1, 0.15) is 22.4 Å². The summed E-state index contributed by atoms with van der Waals surface area (Å²) in [5.74, 6) is -0.227. The molecule has 0 saturated carbocycles. The summed E-state index contributed by atoms with van der Waals surface area (Å²) in [7, 11) is 0. The summed E-state index contributed by atoms with van der Waals surface area (Å²) in [6, 6.07) is 11.4. The van der Waals surface area contributed by atoms with Gasteiger partial charge in [-0.25, -0.2) is 4.98 Å². The lowest BCUT2D eigenvalue weighted by Crippen LogP contribution is -2.26. The topological polar surface area (TPSA) is 63.5 Å². The van der Waals surface area contributed by atoms with Crippen molar-refractivity contribution in [3.05, 3.63) is 75.3 Å². The number of anilines is 1. The van der Waals surface area contributed by atoms with Gasteiger partial charge in [-0.1, -0.05) is 35.9 Å². The molecule has 5 nitrogen and oxygen atoms in total. The molecule has 0 aliphatic carbocycles. The van der Waals surface area contributed by atoms with Gasteiger partial charge in [0.05, 0.1) is 12.1 Å². The number of carbonyl (C=O) groups excluding carboxylic acids is 1. The van der Waals surface area contributed by atoms with Gasteiger partial charge in [-0.15, -0.1) is 0 Å². The first-order valence-electron chi connectivity index (χ1n) is 7.79. The predicted molar refractivity (Wildman–Crippen MR) is 94.4 cm³/mol. The molecule has 3 rings (SSSR count). The molecule has 3 aromatic rings. The second-order valence-corrected chi connectivity index (χ2v) is 5.98. The Balaban J connectivity index is 1.92. The van der Waals surface area contributed by atoms with Gasteiger partial charge in [-0.2, -0.15) is 0 Å². The van der Waals surface area contributed by atoms with Crippen molar-refractivity contribution < 1.29 is 4.79 Å². The minimum Gasteiger partial charge on any atom is -0.320 e. The Morgan fingerprint density at radius 3 is 2.71 bits per heavy atom. The van der Waals surface area contributed by atoms with Crippen molar-refractivity contribution >= 4 is 17.2 Å². The molecule has 1 amide bonds. The number of benzene rings is 1. The van der Waals surface area contributed by atoms with E-state index in [4.69, 9.17) is 0 Å². The minimum atomic E-state index is -0.265. The summed E-state index contributed by atoms with van der Waals surface area (Å²) in [6.07, 6.45) is 1.88. The lowest BCUT2D eigenvalue weighted by atomic mass is 10.1. The molecule has 24 heavy (non-hydrogen) atoms. The zero-order chi connectivity index (χ0) is 17.3. The molecule has 1 aromatic carbocycles. The zero-order valence-electron chi connectivity index (χ0n) is 14.0. The number of aromatic nitrogens is 2. The van der Waals surface area contributed by atoms with Crippen LogP contribution in [0.15, 0.2) is 47.4 Å². The largest absolute Gasteiger partial charge is 0.320 e. The summed E-state index contributed by atoms with van der Waals surface area (Å²) in [5, 5.41) is 2.72. The number of amides is 1. The van der Waals surface area contributed by atoms with Crippen molar-refractivity contribution in [1.82, 2.24) is 9.38 Å². The van der Waals surface area contributed by atoms with Crippen LogP contribution in [-0.4, -0.2) is 15.3 Å². The molecular formula is C19H19N3O2. The van der Waals surface area contributed by atoms with Gasteiger partial charge in [-0.3, -0.25) is 14.0 Å². The van der Waals surface area contributed by atoms with Crippen molar-refractivity contribution in [2.45, 2.75) is 27.2 Å². The van der Waals surface area contributed by atoms with Gasteiger partial charge >= 0.3 is 0 Å². The molecule has 0 aliphatic heterocycles. The third-order valence-corrected chi connectivity index (χ3v) is 3.94. The average molecular weight is 321 g/mol. The number of nitrogens with one attached hydrogen (secondary N) is 1. The van der Waals surface area contributed by atoms with E-state index in [0.29, 0.717) is 11.3 Å². The van der Waals surface area contributed by atoms with Gasteiger partial charge < -0.3 is 5.32 Å². The van der Waals surface area contributed by atoms with Gasteiger partial charge in [0, 0.05) is 6.20 Å². The van der Waals surface area contributed by atoms with Crippen molar-refractivity contribution in [3.8, 4) is 0 Å². The SMILES string of the molecule is Cc1cccc(CC(=O)Nc2c(C)nc3c(C)cccn3c2=O)c1. The van der Waals surface area contributed by atoms with E-state index in [2.05, 4.69) is 10.3 Å². The van der Waals surface area contributed by atoms with E-state index in [0.717, 1.165) is 16.7 Å². The maximum Gasteiger partial charge on any atom is 0.281 e. The van der Waals surface area contributed by atoms with Crippen molar-refractivity contribution in [2.75, 3.05) is 5.32 Å². The molecule has 2 heterocycles. The Morgan fingerprint density at radius 2 is 1.96 bits per heavy atom. The highest BCUT2D eigenvalue weighted by Crippen LogP contribution is 2.12. The van der Waals surface area contributed by atoms with Crippen LogP contribution in [-0.2, 0) is 11.2 Å². The maximum atomic E-state index is 12.7. The third kappa shape index (κ3) is 3.06. The third-order valence-electron chi connectivity index (χ3n) is 3.94. The maximum absolute atomic E-state index is 12.7. The van der Waals surface area contributed by atoms with E-state index in [-0.39, 0.29) is 23.6 Å². The molecule has 122 valence electrons. The summed E-state index contributed by atoms with van der Waals surface area (Å²) in [6.45, 7) is 5.61. The number of nitrogens with zero attached hydrogens (tertiary/aromatic N) is 2. The van der Waals surface area contributed by atoms with Crippen LogP contribution in [0.2, 0.25) is 0 Å². The fourth-order valence-corrected chi connectivity index (χ4v) is 2.74. The monoisotopic (exact) mass is 321 g/mol. The molecule has 0 saturated heterocycles. The van der Waals surface area contributed by atoms with Gasteiger partial charge in [-0.05, 0) is 38.0 Å². The van der Waals surface area contributed by atoms with E-state index in [1.165, 1.54) is 4.40 Å². The fraction of sp³-hybridized carbons (Fsp3) is 0.211. The average Bonchev–Trinajstić information content (AvgIpc) is 2.52. The first kappa shape index (κ1) is 15.9. The normalized spacial score (nSPS) is 10.8. The van der Waals surface area contributed by atoms with Gasteiger partial charge in [0.15, 0.2) is 0 Å². The number of rotatable bonds is 3. The lowest BCUT2D eigenvalue weighted by Gasteiger charge is -2.11. The highest BCUT2D eigenvalue weighted by Gasteiger charge is 2.14. The van der Waals surface area contributed by atoms with E-state index in [1.54, 1.807) is 19.2 Å². The molecule has 2 aromatic heterocycles. The Morgan fingerprint density at radius 1 is 1.17 bits per heavy atom. The summed E-state index contributed by atoms with van der Waals surface area (Å²) in [5.41, 5.74) is 4.02. The number of pyridine rings is 1. The molecule has 0 bridgehead atoms. The van der Waals surface area contributed by atoms with Gasteiger partial charge in [0.25, 0.3) is 5.56 Å². The number of hydrogen-bond donors (Lipinski definition) is 1. The Hall–Kier alpha value is -2.95. The standard InChI is InChI=1S/C19H19N3O2/c1-12-6-4-8-15(10-12)11-16(23)21-17-14(3)20-18-13(2)7-5-9-22(18)19(17)24/h4-10H,11H2,1-3H3,(H,21,23). The number of hydrogen-bond acceptors (Lipinski definition) is 3. The van der Waals surface area contributed by atoms with Gasteiger partial charge in [0.1, 0.15) is 11.3 Å². The fourth-order valence-electron chi connectivity index (χ4n) is 2.74. The molecule has 1 N–H and O–H groups in total. The molecule has 0 spiro atoms. The van der Waals surface area contributed by atoms with Crippen LogP contribution in [0.3, 0.4) is 0 Å². The predicted octanol–water partition coefficient (Wildman–Crippen LogP) is 2.80. The number of aryl methyl sites for hydroxylation is 3. The number of carbonyl (C=O) groups is 1. The van der Waals surface area contributed by atoms with Crippen LogP contribution in [0.5, 0.6) is 0 Å². The van der Waals surface area contributed by atoms with Crippen LogP contribution < -0.4 is 10.9 Å². The first-order valence-corrected chi connectivity index (χ1v) is 7.79. The van der Waals surface area contributed by atoms with Crippen LogP contribution in [0, 0.1) is 20.8 Å². The zero-order valence-corrected chi connectivity index (χ0v) is 14.0. The van der Waals surface area contributed by atoms with Crippen LogP contribution >= 0.6 is 0 Å². The Labute approximate surface area is 140 Å². The second-order valence-electron chi connectivity index (χ2n) is 5.98. The summed E-state index contributed by atoms with van der Waals surface area (Å²) >= 11 is 0. The van der Waals surface area contributed by atoms with Gasteiger partial charge in [0.2, 0.25) is 5.91 Å². The number of fused-ring (bicyclic) bond motifs is 1. The molecule has 0 atom stereocenters. The molecule has 0 fully saturated rings. The molecular weight excluding hydrogens is 302 g/mol. The smallest absolute Gasteiger partial charge is 0.281 e. The molecule has 0 unspecified atom stereocenters. The van der Waals surface area contributed by atoms with Crippen LogP contribution in [0.25, 0.3) is 5.65 Å². The van der Waals surface area contributed by atoms with Crippen molar-refractivity contribution in [3.63, 3.8) is 0 Å². The highest BCUT2D eigenvalue weighted by atomic mass is 16.2. The van der Waals surface area contributed by atoms with E-state index < -0.39 is 0 Å². The molecule has 0 aliphatic rings. The van der Waals surface area contributed by atoms with Crippen LogP contribution in [0.4, 0.5) is 5.69 Å². The van der Waals surface area contributed by atoms with E-state index in [9.17, 15) is 9.59 Å². The summed E-state index contributed by atoms with van der Waals surface area (Å²) < 4.78 is 1.46. The summed E-state index contributed by atoms with van der Waals surface area (Å²) in [4.78, 5) is 29.4.